The van der Waals surface area contributed by atoms with Gasteiger partial charge in [-0.2, -0.15) is 0 Å². The second kappa shape index (κ2) is 3.33. The zero-order chi connectivity index (χ0) is 9.31. The lowest BCUT2D eigenvalue weighted by Crippen LogP contribution is -2.59. The Morgan fingerprint density at radius 1 is 1.31 bits per heavy atom. The van der Waals surface area contributed by atoms with Gasteiger partial charge in [0.2, 0.25) is 0 Å². The van der Waals surface area contributed by atoms with Crippen LogP contribution in [0.3, 0.4) is 0 Å². The average Bonchev–Trinajstić information content (AvgIpc) is 2.14. The minimum Gasteiger partial charge on any atom is -0.378 e. The lowest BCUT2D eigenvalue weighted by atomic mass is 9.72. The maximum Gasteiger partial charge on any atom is 0.0178 e. The van der Waals surface area contributed by atoms with E-state index < -0.39 is 0 Å². The van der Waals surface area contributed by atoms with Crippen molar-refractivity contribution in [2.75, 3.05) is 32.7 Å². The summed E-state index contributed by atoms with van der Waals surface area (Å²) >= 11 is 0. The van der Waals surface area contributed by atoms with Crippen LogP contribution in [-0.4, -0.2) is 42.5 Å². The van der Waals surface area contributed by atoms with E-state index in [1.165, 1.54) is 45.6 Å². The van der Waals surface area contributed by atoms with Crippen molar-refractivity contribution in [1.82, 2.24) is 9.80 Å². The van der Waals surface area contributed by atoms with E-state index in [9.17, 15) is 0 Å². The first-order valence-corrected chi connectivity index (χ1v) is 5.37. The highest BCUT2D eigenvalue weighted by atomic mass is 15.2. The Morgan fingerprint density at radius 3 is 2.38 bits per heavy atom. The fourth-order valence-electron chi connectivity index (χ4n) is 2.62. The monoisotopic (exact) mass is 180 g/mol. The van der Waals surface area contributed by atoms with Crippen molar-refractivity contribution < 1.29 is 0 Å². The maximum atomic E-state index is 3.82. The number of piperidine rings is 1. The predicted octanol–water partition coefficient (Wildman–Crippen LogP) is 1.55. The van der Waals surface area contributed by atoms with Gasteiger partial charge >= 0.3 is 0 Å². The highest BCUT2D eigenvalue weighted by Crippen LogP contribution is 2.39. The molecule has 0 unspecified atom stereocenters. The molecule has 2 aliphatic heterocycles. The smallest absolute Gasteiger partial charge is 0.0178 e. The van der Waals surface area contributed by atoms with Gasteiger partial charge in [0.25, 0.3) is 0 Å². The van der Waals surface area contributed by atoms with Gasteiger partial charge in [-0.1, -0.05) is 13.5 Å². The van der Waals surface area contributed by atoms with E-state index in [-0.39, 0.29) is 0 Å². The van der Waals surface area contributed by atoms with E-state index >= 15 is 0 Å². The third kappa shape index (κ3) is 1.60. The second-order valence-electron chi connectivity index (χ2n) is 4.52. The molecule has 2 heteroatoms. The molecule has 2 nitrogen and oxygen atoms in total. The fraction of sp³-hybridized carbons (Fsp3) is 0.818. The molecule has 2 aliphatic rings. The molecule has 0 bridgehead atoms. The van der Waals surface area contributed by atoms with E-state index in [0.717, 1.165) is 0 Å². The fourth-order valence-corrected chi connectivity index (χ4v) is 2.62. The number of nitrogens with zero attached hydrogens (tertiary/aromatic N) is 2. The van der Waals surface area contributed by atoms with Crippen LogP contribution in [0.15, 0.2) is 12.8 Å². The predicted molar refractivity (Wildman–Crippen MR) is 55.6 cm³/mol. The van der Waals surface area contributed by atoms with Crippen LogP contribution in [0.2, 0.25) is 0 Å². The summed E-state index contributed by atoms with van der Waals surface area (Å²) in [6, 6.07) is 0. The van der Waals surface area contributed by atoms with Gasteiger partial charge in [-0.05, 0) is 31.0 Å². The molecule has 0 aromatic heterocycles. The Kier molecular flexibility index (Phi) is 2.33. The van der Waals surface area contributed by atoms with Gasteiger partial charge in [0.15, 0.2) is 0 Å². The summed E-state index contributed by atoms with van der Waals surface area (Å²) in [5.74, 6) is 0. The minimum absolute atomic E-state index is 0.690. The molecule has 2 saturated heterocycles. The summed E-state index contributed by atoms with van der Waals surface area (Å²) in [5.41, 5.74) is 0.690. The molecular formula is C11H20N2. The number of hydrogen-bond acceptors (Lipinski definition) is 2. The van der Waals surface area contributed by atoms with Crippen LogP contribution in [0.4, 0.5) is 0 Å². The summed E-state index contributed by atoms with van der Waals surface area (Å²) in [4.78, 5) is 4.89. The van der Waals surface area contributed by atoms with Gasteiger partial charge in [0.1, 0.15) is 0 Å². The van der Waals surface area contributed by atoms with Gasteiger partial charge in [-0.3, -0.25) is 0 Å². The third-order valence-corrected chi connectivity index (χ3v) is 3.68. The van der Waals surface area contributed by atoms with E-state index in [2.05, 4.69) is 23.3 Å². The summed E-state index contributed by atoms with van der Waals surface area (Å²) in [6.45, 7) is 12.4. The van der Waals surface area contributed by atoms with Crippen molar-refractivity contribution >= 4 is 0 Å². The molecule has 0 aromatic carbocycles. The standard InChI is InChI=1S/C11H20N2/c1-3-12-7-5-11(6-8-12)9-13(4-2)10-11/h3H,1,4-10H2,2H3. The molecule has 0 saturated carbocycles. The molecule has 0 radical (unpaired) electrons. The Balaban J connectivity index is 1.82. The Bertz CT molecular complexity index is 184. The molecule has 0 aromatic rings. The molecule has 2 fully saturated rings. The van der Waals surface area contributed by atoms with E-state index in [1.54, 1.807) is 0 Å². The molecule has 0 aliphatic carbocycles. The first kappa shape index (κ1) is 9.07. The first-order chi connectivity index (χ1) is 6.28. The normalized spacial score (nSPS) is 27.3. The van der Waals surface area contributed by atoms with Crippen LogP contribution in [0.5, 0.6) is 0 Å². The summed E-state index contributed by atoms with van der Waals surface area (Å²) in [5, 5.41) is 0. The zero-order valence-corrected chi connectivity index (χ0v) is 8.63. The first-order valence-electron chi connectivity index (χ1n) is 5.37. The quantitative estimate of drug-likeness (QED) is 0.636. The molecule has 74 valence electrons. The Morgan fingerprint density at radius 2 is 1.92 bits per heavy atom. The Labute approximate surface area is 81.2 Å². The maximum absolute atomic E-state index is 3.82. The van der Waals surface area contributed by atoms with Crippen LogP contribution in [0.1, 0.15) is 19.8 Å². The summed E-state index contributed by atoms with van der Waals surface area (Å²) < 4.78 is 0. The molecule has 2 heterocycles. The number of rotatable bonds is 2. The lowest BCUT2D eigenvalue weighted by Gasteiger charge is -2.53. The van der Waals surface area contributed by atoms with Crippen molar-refractivity contribution in [3.63, 3.8) is 0 Å². The van der Waals surface area contributed by atoms with Crippen molar-refractivity contribution in [2.45, 2.75) is 19.8 Å². The molecule has 1 spiro atoms. The van der Waals surface area contributed by atoms with Gasteiger partial charge in [0, 0.05) is 26.2 Å². The van der Waals surface area contributed by atoms with E-state index in [0.29, 0.717) is 5.41 Å². The molecule has 0 N–H and O–H groups in total. The number of likely N-dealkylation sites (tertiary alicyclic amines) is 2. The van der Waals surface area contributed by atoms with Crippen LogP contribution < -0.4 is 0 Å². The van der Waals surface area contributed by atoms with E-state index in [1.807, 2.05) is 6.20 Å². The minimum atomic E-state index is 0.690. The molecular weight excluding hydrogens is 160 g/mol. The van der Waals surface area contributed by atoms with Crippen LogP contribution in [0, 0.1) is 5.41 Å². The zero-order valence-electron chi connectivity index (χ0n) is 8.63. The largest absolute Gasteiger partial charge is 0.378 e. The highest BCUT2D eigenvalue weighted by molar-refractivity contribution is 4.98. The number of hydrogen-bond donors (Lipinski definition) is 0. The van der Waals surface area contributed by atoms with E-state index in [4.69, 9.17) is 0 Å². The summed E-state index contributed by atoms with van der Waals surface area (Å²) in [6.07, 6.45) is 4.73. The highest BCUT2D eigenvalue weighted by Gasteiger charge is 2.43. The molecule has 0 atom stereocenters. The second-order valence-corrected chi connectivity index (χ2v) is 4.52. The van der Waals surface area contributed by atoms with Crippen LogP contribution >= 0.6 is 0 Å². The van der Waals surface area contributed by atoms with Gasteiger partial charge in [-0.15, -0.1) is 0 Å². The van der Waals surface area contributed by atoms with Gasteiger partial charge in [0.05, 0.1) is 0 Å². The van der Waals surface area contributed by atoms with Crippen molar-refractivity contribution in [1.29, 1.82) is 0 Å². The van der Waals surface area contributed by atoms with Crippen molar-refractivity contribution in [2.24, 2.45) is 5.41 Å². The third-order valence-electron chi connectivity index (χ3n) is 3.68. The lowest BCUT2D eigenvalue weighted by molar-refractivity contribution is -0.0357. The topological polar surface area (TPSA) is 6.48 Å². The van der Waals surface area contributed by atoms with Gasteiger partial charge < -0.3 is 9.80 Å². The SMILES string of the molecule is C=CN1CCC2(CC1)CN(CC)C2. The van der Waals surface area contributed by atoms with Crippen molar-refractivity contribution in [3.05, 3.63) is 12.8 Å². The molecule has 13 heavy (non-hydrogen) atoms. The molecule has 2 rings (SSSR count). The van der Waals surface area contributed by atoms with Crippen LogP contribution in [-0.2, 0) is 0 Å². The van der Waals surface area contributed by atoms with Crippen LogP contribution in [0.25, 0.3) is 0 Å². The van der Waals surface area contributed by atoms with Gasteiger partial charge in [-0.25, -0.2) is 0 Å². The average molecular weight is 180 g/mol. The summed E-state index contributed by atoms with van der Waals surface area (Å²) in [7, 11) is 0. The van der Waals surface area contributed by atoms with Crippen molar-refractivity contribution in [3.8, 4) is 0 Å². The molecule has 0 amide bonds. The Hall–Kier alpha value is -0.500.